The van der Waals surface area contributed by atoms with Crippen molar-refractivity contribution in [1.29, 1.82) is 0 Å². The van der Waals surface area contributed by atoms with Crippen molar-refractivity contribution in [2.45, 2.75) is 65.5 Å². The van der Waals surface area contributed by atoms with E-state index in [0.29, 0.717) is 31.1 Å². The number of carbonyl (C=O) groups is 3. The van der Waals surface area contributed by atoms with Gasteiger partial charge in [-0.25, -0.2) is 0 Å². The van der Waals surface area contributed by atoms with Crippen LogP contribution in [0.3, 0.4) is 0 Å². The van der Waals surface area contributed by atoms with E-state index in [1.165, 1.54) is 0 Å². The Morgan fingerprint density at radius 3 is 2.34 bits per heavy atom. The van der Waals surface area contributed by atoms with Gasteiger partial charge in [-0.05, 0) is 40.7 Å². The minimum absolute atomic E-state index is 0.263. The molecule has 0 saturated heterocycles. The Morgan fingerprint density at radius 1 is 1.05 bits per heavy atom. The van der Waals surface area contributed by atoms with Crippen LogP contribution >= 0.6 is 12.6 Å². The first-order valence-electron chi connectivity index (χ1n) is 14.1. The molecule has 2 amide bonds. The fourth-order valence-corrected chi connectivity index (χ4v) is 5.07. The average Bonchev–Trinajstić information content (AvgIpc) is 3.50. The third-order valence-corrected chi connectivity index (χ3v) is 7.28. The van der Waals surface area contributed by atoms with Gasteiger partial charge >= 0.3 is 5.97 Å². The fourth-order valence-electron chi connectivity index (χ4n) is 4.75. The topological polar surface area (TPSA) is 141 Å². The summed E-state index contributed by atoms with van der Waals surface area (Å²) in [6.07, 6.45) is 2.80. The van der Waals surface area contributed by atoms with E-state index in [4.69, 9.17) is 0 Å². The van der Waals surface area contributed by atoms with Crippen LogP contribution in [0, 0.1) is 11.8 Å². The van der Waals surface area contributed by atoms with Gasteiger partial charge in [0.1, 0.15) is 6.04 Å². The monoisotopic (exact) mass is 580 g/mol. The zero-order valence-electron chi connectivity index (χ0n) is 23.9. The number of thiol groups is 1. The lowest BCUT2D eigenvalue weighted by Gasteiger charge is -2.29. The molecule has 3 rings (SSSR count). The summed E-state index contributed by atoms with van der Waals surface area (Å²) in [5.41, 5.74) is 3.64. The summed E-state index contributed by atoms with van der Waals surface area (Å²) in [5.74, 6) is -1.21. The van der Waals surface area contributed by atoms with Gasteiger partial charge in [-0.1, -0.05) is 82.1 Å². The first kappa shape index (κ1) is 31.8. The molecule has 2 atom stereocenters. The third-order valence-electron chi connectivity index (χ3n) is 6.84. The summed E-state index contributed by atoms with van der Waals surface area (Å²) in [4.78, 5) is 40.1. The van der Waals surface area contributed by atoms with Gasteiger partial charge in [-0.15, -0.1) is 10.2 Å². The van der Waals surface area contributed by atoms with E-state index in [0.717, 1.165) is 41.5 Å². The van der Waals surface area contributed by atoms with Gasteiger partial charge in [0, 0.05) is 30.3 Å². The molecule has 2 unspecified atom stereocenters. The Hall–Kier alpha value is -3.73. The predicted molar refractivity (Wildman–Crippen MR) is 161 cm³/mol. The molecule has 0 aliphatic rings. The summed E-state index contributed by atoms with van der Waals surface area (Å²) in [6, 6.07) is 14.5. The minimum atomic E-state index is -1.16. The second-order valence-electron chi connectivity index (χ2n) is 10.6. The molecule has 3 N–H and O–H groups in total. The van der Waals surface area contributed by atoms with Gasteiger partial charge in [0.25, 0.3) is 0 Å². The van der Waals surface area contributed by atoms with Crippen LogP contribution < -0.4 is 5.32 Å². The highest BCUT2D eigenvalue weighted by Gasteiger charge is 2.30. The van der Waals surface area contributed by atoms with Crippen molar-refractivity contribution >= 4 is 30.4 Å². The number of carboxylic acid groups (broad SMARTS) is 1. The summed E-state index contributed by atoms with van der Waals surface area (Å²) >= 11 is 4.31. The molecule has 0 aliphatic heterocycles. The van der Waals surface area contributed by atoms with Crippen molar-refractivity contribution < 1.29 is 19.5 Å². The smallest absolute Gasteiger partial charge is 0.305 e. The first-order chi connectivity index (χ1) is 19.7. The molecule has 220 valence electrons. The van der Waals surface area contributed by atoms with E-state index in [1.807, 2.05) is 62.4 Å². The van der Waals surface area contributed by atoms with Crippen LogP contribution in [0.5, 0.6) is 0 Å². The second-order valence-corrected chi connectivity index (χ2v) is 11.0. The zero-order valence-corrected chi connectivity index (χ0v) is 24.8. The lowest BCUT2D eigenvalue weighted by molar-refractivity contribution is -0.144. The molecule has 3 aromatic rings. The standard InChI is InChI=1S/C30H40N6O4S/c1-4-5-8-15-36(30(40)26(17-27(37)38)31-29(39)23(19-41)16-20(2)3)18-21-11-13-22(14-12-21)24-9-6-7-10-25(24)28-32-34-35-33-28/h6-7,9-14,20,23,26,41H,4-5,8,15-19H2,1-3H3,(H,31,39)(H,37,38)(H,32,33,34,35). The fraction of sp³-hybridized carbons (Fsp3) is 0.467. The number of tetrazole rings is 1. The number of carboxylic acids is 1. The molecule has 0 radical (unpaired) electrons. The van der Waals surface area contributed by atoms with Crippen LogP contribution in [-0.4, -0.2) is 66.8 Å². The Morgan fingerprint density at radius 2 is 1.76 bits per heavy atom. The number of aliphatic carboxylic acids is 1. The number of hydrogen-bond donors (Lipinski definition) is 4. The average molecular weight is 581 g/mol. The van der Waals surface area contributed by atoms with Crippen molar-refractivity contribution in [2.24, 2.45) is 11.8 Å². The molecular weight excluding hydrogens is 540 g/mol. The number of unbranched alkanes of at least 4 members (excludes halogenated alkanes) is 2. The van der Waals surface area contributed by atoms with Crippen LogP contribution in [-0.2, 0) is 20.9 Å². The highest BCUT2D eigenvalue weighted by Crippen LogP contribution is 2.30. The maximum atomic E-state index is 13.7. The third kappa shape index (κ3) is 9.41. The lowest BCUT2D eigenvalue weighted by atomic mass is 9.97. The lowest BCUT2D eigenvalue weighted by Crippen LogP contribution is -2.51. The minimum Gasteiger partial charge on any atom is -0.481 e. The number of benzene rings is 2. The number of nitrogens with zero attached hydrogens (tertiary/aromatic N) is 4. The van der Waals surface area contributed by atoms with Gasteiger partial charge in [0.2, 0.25) is 17.6 Å². The van der Waals surface area contributed by atoms with E-state index >= 15 is 0 Å². The second kappa shape index (κ2) is 15.9. The summed E-state index contributed by atoms with van der Waals surface area (Å²) in [6.45, 7) is 6.85. The molecule has 1 heterocycles. The molecule has 1 aromatic heterocycles. The van der Waals surface area contributed by atoms with E-state index in [-0.39, 0.29) is 11.8 Å². The van der Waals surface area contributed by atoms with Gasteiger partial charge in [0.15, 0.2) is 0 Å². The van der Waals surface area contributed by atoms with Crippen LogP contribution in [0.15, 0.2) is 48.5 Å². The number of nitrogens with one attached hydrogen (secondary N) is 2. The molecule has 11 heteroatoms. The van der Waals surface area contributed by atoms with Gasteiger partial charge in [-0.3, -0.25) is 14.4 Å². The maximum absolute atomic E-state index is 13.7. The maximum Gasteiger partial charge on any atom is 0.305 e. The van der Waals surface area contributed by atoms with Crippen LogP contribution in [0.4, 0.5) is 0 Å². The van der Waals surface area contributed by atoms with Crippen LogP contribution in [0.2, 0.25) is 0 Å². The summed E-state index contributed by atoms with van der Waals surface area (Å²) < 4.78 is 0. The van der Waals surface area contributed by atoms with E-state index in [9.17, 15) is 19.5 Å². The van der Waals surface area contributed by atoms with Crippen molar-refractivity contribution in [1.82, 2.24) is 30.8 Å². The number of aromatic nitrogens is 4. The van der Waals surface area contributed by atoms with Gasteiger partial charge in [0.05, 0.1) is 6.42 Å². The number of H-pyrrole nitrogens is 1. The van der Waals surface area contributed by atoms with Gasteiger partial charge < -0.3 is 15.3 Å². The Balaban J connectivity index is 1.82. The Kier molecular flexibility index (Phi) is 12.3. The van der Waals surface area contributed by atoms with E-state index in [2.05, 4.69) is 45.5 Å². The summed E-state index contributed by atoms with van der Waals surface area (Å²) in [7, 11) is 0. The SMILES string of the molecule is CCCCCN(Cc1ccc(-c2ccccc2-c2nn[nH]n2)cc1)C(=O)C(CC(=O)O)NC(=O)C(CS)CC(C)C. The number of aromatic amines is 1. The number of amides is 2. The molecule has 0 bridgehead atoms. The van der Waals surface area contributed by atoms with Crippen molar-refractivity contribution in [2.75, 3.05) is 12.3 Å². The molecule has 0 aliphatic carbocycles. The van der Waals surface area contributed by atoms with Crippen LogP contribution in [0.25, 0.3) is 22.5 Å². The number of hydrogen-bond acceptors (Lipinski definition) is 7. The number of rotatable bonds is 16. The molecule has 0 spiro atoms. The molecule has 0 saturated carbocycles. The van der Waals surface area contributed by atoms with E-state index < -0.39 is 30.3 Å². The highest BCUT2D eigenvalue weighted by molar-refractivity contribution is 7.80. The Labute approximate surface area is 246 Å². The number of carbonyl (C=O) groups excluding carboxylic acids is 2. The van der Waals surface area contributed by atoms with E-state index in [1.54, 1.807) is 4.90 Å². The molecule has 0 fully saturated rings. The van der Waals surface area contributed by atoms with Crippen molar-refractivity contribution in [3.05, 3.63) is 54.1 Å². The molecule has 2 aromatic carbocycles. The first-order valence-corrected chi connectivity index (χ1v) is 14.7. The normalized spacial score (nSPS) is 12.6. The quantitative estimate of drug-likeness (QED) is 0.143. The molecule has 41 heavy (non-hydrogen) atoms. The molecule has 10 nitrogen and oxygen atoms in total. The zero-order chi connectivity index (χ0) is 29.8. The van der Waals surface area contributed by atoms with Crippen molar-refractivity contribution in [3.8, 4) is 22.5 Å². The van der Waals surface area contributed by atoms with Crippen LogP contribution in [0.1, 0.15) is 58.4 Å². The molecular formula is C30H40N6O4S. The van der Waals surface area contributed by atoms with Crippen molar-refractivity contribution in [3.63, 3.8) is 0 Å². The Bertz CT molecular complexity index is 1270. The highest BCUT2D eigenvalue weighted by atomic mass is 32.1. The predicted octanol–water partition coefficient (Wildman–Crippen LogP) is 4.60. The van der Waals surface area contributed by atoms with Gasteiger partial charge in [-0.2, -0.15) is 17.8 Å². The summed E-state index contributed by atoms with van der Waals surface area (Å²) in [5, 5.41) is 26.6. The largest absolute Gasteiger partial charge is 0.481 e.